The summed E-state index contributed by atoms with van der Waals surface area (Å²) >= 11 is 0. The molecule has 0 unspecified atom stereocenters. The lowest BCUT2D eigenvalue weighted by atomic mass is 10.0. The van der Waals surface area contributed by atoms with Gasteiger partial charge in [-0.15, -0.1) is 0 Å². The molecule has 1 nitrogen and oxygen atoms in total. The molecule has 4 rings (SSSR count). The molecule has 0 saturated heterocycles. The molecule has 12 heteroatoms. The molecule has 0 atom stereocenters. The first kappa shape index (κ1) is 29.5. The summed E-state index contributed by atoms with van der Waals surface area (Å²) in [6.07, 6.45) is -10.5. The van der Waals surface area contributed by atoms with E-state index in [1.54, 1.807) is 24.3 Å². The Morgan fingerprint density at radius 1 is 0.561 bits per heavy atom. The van der Waals surface area contributed by atoms with Crippen LogP contribution in [0.3, 0.4) is 0 Å². The fourth-order valence-corrected chi connectivity index (χ4v) is 3.74. The minimum Gasteiger partial charge on any atom is -0.429 e. The molecule has 4 aromatic carbocycles. The summed E-state index contributed by atoms with van der Waals surface area (Å²) in [6.45, 7) is 1.82. The van der Waals surface area contributed by atoms with Crippen molar-refractivity contribution in [3.63, 3.8) is 0 Å². The van der Waals surface area contributed by atoms with Gasteiger partial charge in [-0.1, -0.05) is 41.7 Å². The molecule has 0 aliphatic carbocycles. The number of aryl methyl sites for hydroxylation is 1. The van der Waals surface area contributed by atoms with Crippen molar-refractivity contribution >= 4 is 0 Å². The maximum Gasteiger partial charge on any atom is 0.432 e. The normalized spacial score (nSPS) is 11.7. The van der Waals surface area contributed by atoms with Gasteiger partial charge in [0.05, 0.1) is 5.56 Å². The van der Waals surface area contributed by atoms with Gasteiger partial charge in [-0.25, -0.2) is 26.3 Å². The Bertz CT molecular complexity index is 1630. The lowest BCUT2D eigenvalue weighted by Gasteiger charge is -2.20. The number of alkyl halides is 5. The first-order valence-corrected chi connectivity index (χ1v) is 11.3. The second-order valence-electron chi connectivity index (χ2n) is 8.62. The average Bonchev–Trinajstić information content (AvgIpc) is 2.81. The fraction of sp³-hybridized carbons (Fsp3) is 0.103. The van der Waals surface area contributed by atoms with Gasteiger partial charge in [0.15, 0.2) is 0 Å². The van der Waals surface area contributed by atoms with Crippen LogP contribution in [0.25, 0.3) is 11.1 Å². The van der Waals surface area contributed by atoms with E-state index < -0.39 is 75.2 Å². The molecule has 0 amide bonds. The molecule has 0 aliphatic heterocycles. The number of hydrogen-bond donors (Lipinski definition) is 0. The zero-order valence-corrected chi connectivity index (χ0v) is 20.3. The molecule has 0 N–H and O–H groups in total. The molecule has 0 bridgehead atoms. The van der Waals surface area contributed by atoms with Crippen LogP contribution in [0.2, 0.25) is 0 Å². The largest absolute Gasteiger partial charge is 0.432 e. The predicted molar refractivity (Wildman–Crippen MR) is 125 cm³/mol. The average molecular weight is 586 g/mol. The van der Waals surface area contributed by atoms with Crippen LogP contribution < -0.4 is 4.74 Å². The van der Waals surface area contributed by atoms with Crippen LogP contribution in [0.5, 0.6) is 5.75 Å². The van der Waals surface area contributed by atoms with Crippen molar-refractivity contribution in [3.8, 4) is 28.7 Å². The van der Waals surface area contributed by atoms with Gasteiger partial charge in [-0.3, -0.25) is 0 Å². The highest BCUT2D eigenvalue weighted by Gasteiger charge is 2.43. The summed E-state index contributed by atoms with van der Waals surface area (Å²) in [5.41, 5.74) is -4.26. The van der Waals surface area contributed by atoms with Crippen molar-refractivity contribution in [2.75, 3.05) is 0 Å². The van der Waals surface area contributed by atoms with Gasteiger partial charge in [0, 0.05) is 17.7 Å². The van der Waals surface area contributed by atoms with Crippen LogP contribution in [0.1, 0.15) is 27.8 Å². The van der Waals surface area contributed by atoms with Crippen LogP contribution in [0.4, 0.5) is 48.3 Å². The Hall–Kier alpha value is -4.53. The predicted octanol–water partition coefficient (Wildman–Crippen LogP) is 9.04. The van der Waals surface area contributed by atoms with Crippen molar-refractivity contribution in [1.29, 1.82) is 0 Å². The van der Waals surface area contributed by atoms with Crippen molar-refractivity contribution < 1.29 is 53.0 Å². The van der Waals surface area contributed by atoms with Gasteiger partial charge >= 0.3 is 12.3 Å². The standard InChI is InChI=1S/C29H13F11O/c1-14-2-5-16(6-3-14)17-10-20(30)19(21(31)11-17)7-4-15-8-22(32)27(23(33)9-15)29(39,40)41-18-12-24(34)26(25(35)13-18)28(36,37)38/h2-3,5-6,8-13H,1H3. The second kappa shape index (κ2) is 10.8. The van der Waals surface area contributed by atoms with Gasteiger partial charge in [0.2, 0.25) is 0 Å². The molecule has 0 aromatic heterocycles. The van der Waals surface area contributed by atoms with Gasteiger partial charge in [-0.05, 0) is 42.3 Å². The second-order valence-corrected chi connectivity index (χ2v) is 8.62. The van der Waals surface area contributed by atoms with E-state index in [0.29, 0.717) is 5.56 Å². The van der Waals surface area contributed by atoms with Gasteiger partial charge in [0.1, 0.15) is 51.8 Å². The van der Waals surface area contributed by atoms with Crippen LogP contribution in [0.15, 0.2) is 60.7 Å². The van der Waals surface area contributed by atoms with Gasteiger partial charge in [0.25, 0.3) is 0 Å². The third-order valence-electron chi connectivity index (χ3n) is 5.64. The Kier molecular flexibility index (Phi) is 7.76. The number of benzene rings is 4. The van der Waals surface area contributed by atoms with Crippen LogP contribution >= 0.6 is 0 Å². The van der Waals surface area contributed by atoms with E-state index in [9.17, 15) is 48.3 Å². The molecular weight excluding hydrogens is 573 g/mol. The Morgan fingerprint density at radius 3 is 1.54 bits per heavy atom. The maximum atomic E-state index is 14.6. The molecule has 0 aliphatic rings. The third kappa shape index (κ3) is 6.29. The summed E-state index contributed by atoms with van der Waals surface area (Å²) in [5, 5.41) is 0. The number of halogens is 11. The van der Waals surface area contributed by atoms with E-state index in [1.807, 2.05) is 12.8 Å². The zero-order valence-electron chi connectivity index (χ0n) is 20.3. The molecule has 0 fully saturated rings. The van der Waals surface area contributed by atoms with E-state index in [4.69, 9.17) is 0 Å². The minimum absolute atomic E-state index is 0.182. The molecule has 41 heavy (non-hydrogen) atoms. The maximum absolute atomic E-state index is 14.6. The monoisotopic (exact) mass is 586 g/mol. The summed E-state index contributed by atoms with van der Waals surface area (Å²) in [6, 6.07) is 8.74. The van der Waals surface area contributed by atoms with Crippen molar-refractivity contribution in [2.24, 2.45) is 0 Å². The minimum atomic E-state index is -5.50. The smallest absolute Gasteiger partial charge is 0.429 e. The molecule has 212 valence electrons. The lowest BCUT2D eigenvalue weighted by molar-refractivity contribution is -0.189. The number of rotatable bonds is 4. The quantitative estimate of drug-likeness (QED) is 0.171. The molecule has 0 radical (unpaired) electrons. The summed E-state index contributed by atoms with van der Waals surface area (Å²) < 4.78 is 157. The first-order chi connectivity index (χ1) is 19.1. The molecule has 0 spiro atoms. The van der Waals surface area contributed by atoms with E-state index in [0.717, 1.165) is 17.7 Å². The van der Waals surface area contributed by atoms with Crippen molar-refractivity contribution in [3.05, 3.63) is 123 Å². The van der Waals surface area contributed by atoms with Gasteiger partial charge < -0.3 is 4.74 Å². The molecular formula is C29H13F11O. The van der Waals surface area contributed by atoms with E-state index in [2.05, 4.69) is 10.7 Å². The van der Waals surface area contributed by atoms with Crippen molar-refractivity contribution in [1.82, 2.24) is 0 Å². The number of ether oxygens (including phenoxy) is 1. The molecule has 4 aromatic rings. The SMILES string of the molecule is Cc1ccc(-c2cc(F)c(C#Cc3cc(F)c(C(F)(F)Oc4cc(F)c(C(F)(F)F)c(F)c4)c(F)c3)c(F)c2)cc1. The summed E-state index contributed by atoms with van der Waals surface area (Å²) in [5.74, 6) is -8.20. The third-order valence-corrected chi connectivity index (χ3v) is 5.64. The van der Waals surface area contributed by atoms with E-state index in [-0.39, 0.29) is 29.8 Å². The van der Waals surface area contributed by atoms with Crippen LogP contribution in [-0.4, -0.2) is 0 Å². The Morgan fingerprint density at radius 2 is 1.05 bits per heavy atom. The Balaban J connectivity index is 1.63. The van der Waals surface area contributed by atoms with Gasteiger partial charge in [-0.2, -0.15) is 22.0 Å². The first-order valence-electron chi connectivity index (χ1n) is 11.3. The zero-order chi connectivity index (χ0) is 30.3. The van der Waals surface area contributed by atoms with E-state index >= 15 is 0 Å². The summed E-state index contributed by atoms with van der Waals surface area (Å²) in [7, 11) is 0. The fourth-order valence-electron chi connectivity index (χ4n) is 3.74. The molecule has 0 saturated carbocycles. The Labute approximate surface area is 224 Å². The number of hydrogen-bond acceptors (Lipinski definition) is 1. The van der Waals surface area contributed by atoms with Crippen LogP contribution in [-0.2, 0) is 12.3 Å². The van der Waals surface area contributed by atoms with Crippen LogP contribution in [0, 0.1) is 53.7 Å². The van der Waals surface area contributed by atoms with E-state index in [1.165, 1.54) is 0 Å². The highest BCUT2D eigenvalue weighted by atomic mass is 19.4. The molecule has 0 heterocycles. The lowest BCUT2D eigenvalue weighted by Crippen LogP contribution is -2.25. The summed E-state index contributed by atoms with van der Waals surface area (Å²) in [4.78, 5) is 0. The van der Waals surface area contributed by atoms with Crippen molar-refractivity contribution in [2.45, 2.75) is 19.2 Å². The highest BCUT2D eigenvalue weighted by Crippen LogP contribution is 2.39. The topological polar surface area (TPSA) is 9.23 Å². The highest BCUT2D eigenvalue weighted by molar-refractivity contribution is 5.65.